The number of carbonyl (C=O) groups excluding carboxylic acids is 2. The molecule has 3 rings (SSSR count). The minimum Gasteiger partial charge on any atom is -0.481 e. The molecular formula is C24H32NO9P. The lowest BCUT2D eigenvalue weighted by molar-refractivity contribution is -0.157. The highest BCUT2D eigenvalue weighted by atomic mass is 31.2. The molecule has 192 valence electrons. The SMILES string of the molecule is CCOP(=O)(OCC)OCCCCOC(=O)C1C(C(=O)O)[C@@H]2C(=O)C=C[C@H]1N2Cc1ccccc1. The Labute approximate surface area is 204 Å². The van der Waals surface area contributed by atoms with Gasteiger partial charge in [-0.15, -0.1) is 0 Å². The Hall–Kier alpha value is -2.36. The number of carboxylic acids is 1. The Morgan fingerprint density at radius 1 is 1.00 bits per heavy atom. The summed E-state index contributed by atoms with van der Waals surface area (Å²) in [6.07, 6.45) is 3.80. The summed E-state index contributed by atoms with van der Waals surface area (Å²) in [6.45, 7) is 4.19. The molecule has 0 spiro atoms. The standard InChI is InChI=1S/C24H32NO9P/c1-3-32-35(30,33-4-2)34-15-9-8-14-31-24(29)20-18-12-13-19(26)22(21(20)23(27)28)25(18)16-17-10-6-5-7-11-17/h5-7,10-13,18,20-22H,3-4,8-9,14-16H2,1-2H3,(H,27,28)/t18-,20?,21?,22+/m1/s1. The maximum Gasteiger partial charge on any atom is 0.474 e. The van der Waals surface area contributed by atoms with E-state index in [-0.39, 0.29) is 32.2 Å². The van der Waals surface area contributed by atoms with E-state index in [1.807, 2.05) is 30.3 Å². The van der Waals surface area contributed by atoms with Crippen molar-refractivity contribution < 1.29 is 42.4 Å². The first-order valence-corrected chi connectivity index (χ1v) is 13.2. The normalized spacial score (nSPS) is 24.0. The number of carbonyl (C=O) groups is 3. The number of fused-ring (bicyclic) bond motifs is 2. The van der Waals surface area contributed by atoms with Gasteiger partial charge >= 0.3 is 19.8 Å². The molecule has 0 amide bonds. The molecule has 2 bridgehead atoms. The molecule has 1 aromatic rings. The summed E-state index contributed by atoms with van der Waals surface area (Å²) < 4.78 is 33.0. The number of ketones is 1. The summed E-state index contributed by atoms with van der Waals surface area (Å²) in [5, 5.41) is 9.91. The lowest BCUT2D eigenvalue weighted by Crippen LogP contribution is -2.45. The van der Waals surface area contributed by atoms with Crippen LogP contribution in [0.5, 0.6) is 0 Å². The molecule has 1 saturated heterocycles. The zero-order chi connectivity index (χ0) is 25.4. The molecule has 2 heterocycles. The van der Waals surface area contributed by atoms with Crippen molar-refractivity contribution in [1.82, 2.24) is 4.90 Å². The van der Waals surface area contributed by atoms with Gasteiger partial charge in [-0.2, -0.15) is 0 Å². The number of benzene rings is 1. The number of phosphoric acid groups is 1. The van der Waals surface area contributed by atoms with Gasteiger partial charge in [-0.3, -0.25) is 32.9 Å². The predicted molar refractivity (Wildman–Crippen MR) is 125 cm³/mol. The average Bonchev–Trinajstić information content (AvgIpc) is 3.05. The third-order valence-electron chi connectivity index (χ3n) is 5.96. The Kier molecular flexibility index (Phi) is 9.77. The maximum absolute atomic E-state index is 13.0. The van der Waals surface area contributed by atoms with Crippen molar-refractivity contribution in [1.29, 1.82) is 0 Å². The van der Waals surface area contributed by atoms with E-state index in [0.717, 1.165) is 5.56 Å². The number of ether oxygens (including phenoxy) is 1. The summed E-state index contributed by atoms with van der Waals surface area (Å²) >= 11 is 0. The fraction of sp³-hybridized carbons (Fsp3) is 0.542. The number of aliphatic carboxylic acids is 1. The first-order chi connectivity index (χ1) is 16.8. The highest BCUT2D eigenvalue weighted by molar-refractivity contribution is 7.48. The third-order valence-corrected chi connectivity index (χ3v) is 7.60. The van der Waals surface area contributed by atoms with Crippen LogP contribution in [0.4, 0.5) is 0 Å². The molecule has 2 aliphatic heterocycles. The summed E-state index contributed by atoms with van der Waals surface area (Å²) in [7, 11) is -3.60. The Balaban J connectivity index is 1.59. The summed E-state index contributed by atoms with van der Waals surface area (Å²) in [4.78, 5) is 39.5. The van der Waals surface area contributed by atoms with Crippen molar-refractivity contribution in [2.45, 2.75) is 45.3 Å². The van der Waals surface area contributed by atoms with Crippen LogP contribution < -0.4 is 0 Å². The van der Waals surface area contributed by atoms with Gasteiger partial charge in [0.2, 0.25) is 0 Å². The van der Waals surface area contributed by atoms with E-state index in [2.05, 4.69) is 0 Å². The van der Waals surface area contributed by atoms with Crippen LogP contribution in [0.1, 0.15) is 32.3 Å². The summed E-state index contributed by atoms with van der Waals surface area (Å²) in [5.74, 6) is -4.39. The molecule has 10 nitrogen and oxygen atoms in total. The fourth-order valence-corrected chi connectivity index (χ4v) is 5.73. The van der Waals surface area contributed by atoms with E-state index in [9.17, 15) is 24.1 Å². The number of nitrogens with zero attached hydrogens (tertiary/aromatic N) is 1. The minimum absolute atomic E-state index is 0.0341. The first kappa shape index (κ1) is 27.2. The van der Waals surface area contributed by atoms with Crippen LogP contribution in [-0.4, -0.2) is 66.2 Å². The van der Waals surface area contributed by atoms with E-state index >= 15 is 0 Å². The van der Waals surface area contributed by atoms with Gasteiger partial charge in [-0.1, -0.05) is 36.4 Å². The lowest BCUT2D eigenvalue weighted by Gasteiger charge is -2.31. The van der Waals surface area contributed by atoms with E-state index in [4.69, 9.17) is 18.3 Å². The zero-order valence-corrected chi connectivity index (χ0v) is 20.8. The van der Waals surface area contributed by atoms with Gasteiger partial charge in [0.15, 0.2) is 5.78 Å². The van der Waals surface area contributed by atoms with Crippen LogP contribution in [0.2, 0.25) is 0 Å². The average molecular weight is 509 g/mol. The van der Waals surface area contributed by atoms with E-state index in [1.54, 1.807) is 24.8 Å². The molecular weight excluding hydrogens is 477 g/mol. The number of unbranched alkanes of at least 4 members (excludes halogenated alkanes) is 1. The van der Waals surface area contributed by atoms with Crippen LogP contribution in [-0.2, 0) is 43.8 Å². The van der Waals surface area contributed by atoms with E-state index in [1.165, 1.54) is 6.08 Å². The molecule has 0 aromatic heterocycles. The Bertz CT molecular complexity index is 957. The summed E-state index contributed by atoms with van der Waals surface area (Å²) in [5.41, 5.74) is 0.917. The maximum atomic E-state index is 13.0. The van der Waals surface area contributed by atoms with Gasteiger partial charge in [0.1, 0.15) is 0 Å². The third kappa shape index (κ3) is 6.65. The predicted octanol–water partition coefficient (Wildman–Crippen LogP) is 3.22. The first-order valence-electron chi connectivity index (χ1n) is 11.8. The van der Waals surface area contributed by atoms with Crippen LogP contribution in [0, 0.1) is 11.8 Å². The van der Waals surface area contributed by atoms with Crippen molar-refractivity contribution in [2.24, 2.45) is 11.8 Å². The van der Waals surface area contributed by atoms with Gasteiger partial charge in [-0.25, -0.2) is 4.57 Å². The molecule has 2 unspecified atom stereocenters. The van der Waals surface area contributed by atoms with Crippen molar-refractivity contribution in [3.05, 3.63) is 48.0 Å². The second-order valence-corrected chi connectivity index (χ2v) is 9.90. The molecule has 1 aromatic carbocycles. The zero-order valence-electron chi connectivity index (χ0n) is 19.9. The van der Waals surface area contributed by atoms with Gasteiger partial charge in [0, 0.05) is 12.6 Å². The van der Waals surface area contributed by atoms with Gasteiger partial charge in [0.05, 0.1) is 44.3 Å². The largest absolute Gasteiger partial charge is 0.481 e. The number of hydrogen-bond donors (Lipinski definition) is 1. The van der Waals surface area contributed by atoms with Gasteiger partial charge in [0.25, 0.3) is 0 Å². The van der Waals surface area contributed by atoms with Crippen molar-refractivity contribution in [3.63, 3.8) is 0 Å². The molecule has 4 atom stereocenters. The van der Waals surface area contributed by atoms with Crippen molar-refractivity contribution >= 4 is 25.5 Å². The van der Waals surface area contributed by atoms with Crippen LogP contribution in [0.25, 0.3) is 0 Å². The molecule has 0 saturated carbocycles. The number of carboxylic acid groups (broad SMARTS) is 1. The highest BCUT2D eigenvalue weighted by Gasteiger charge is 2.58. The second-order valence-electron chi connectivity index (χ2n) is 8.24. The monoisotopic (exact) mass is 509 g/mol. The minimum atomic E-state index is -3.60. The summed E-state index contributed by atoms with van der Waals surface area (Å²) in [6, 6.07) is 7.90. The molecule has 11 heteroatoms. The fourth-order valence-electron chi connectivity index (χ4n) is 4.52. The van der Waals surface area contributed by atoms with Crippen molar-refractivity contribution in [2.75, 3.05) is 26.4 Å². The Morgan fingerprint density at radius 3 is 2.29 bits per heavy atom. The highest BCUT2D eigenvalue weighted by Crippen LogP contribution is 2.49. The quantitative estimate of drug-likeness (QED) is 0.227. The van der Waals surface area contributed by atoms with E-state index in [0.29, 0.717) is 19.4 Å². The number of rotatable bonds is 14. The van der Waals surface area contributed by atoms with Crippen LogP contribution >= 0.6 is 7.82 Å². The molecule has 1 fully saturated rings. The molecule has 35 heavy (non-hydrogen) atoms. The van der Waals surface area contributed by atoms with Gasteiger partial charge < -0.3 is 9.84 Å². The smallest absolute Gasteiger partial charge is 0.474 e. The lowest BCUT2D eigenvalue weighted by atomic mass is 9.87. The molecule has 0 radical (unpaired) electrons. The van der Waals surface area contributed by atoms with E-state index < -0.39 is 43.7 Å². The number of phosphoric ester groups is 1. The van der Waals surface area contributed by atoms with Crippen LogP contribution in [0.3, 0.4) is 0 Å². The molecule has 1 N–H and O–H groups in total. The Morgan fingerprint density at radius 2 is 1.66 bits per heavy atom. The van der Waals surface area contributed by atoms with Crippen molar-refractivity contribution in [3.8, 4) is 0 Å². The van der Waals surface area contributed by atoms with Gasteiger partial charge in [-0.05, 0) is 38.3 Å². The number of esters is 1. The molecule has 0 aliphatic carbocycles. The van der Waals surface area contributed by atoms with Crippen LogP contribution in [0.15, 0.2) is 42.5 Å². The molecule has 2 aliphatic rings. The number of hydrogen-bond acceptors (Lipinski definition) is 9. The topological polar surface area (TPSA) is 129 Å². The second kappa shape index (κ2) is 12.6.